The van der Waals surface area contributed by atoms with E-state index in [1.165, 1.54) is 5.57 Å². The zero-order valence-corrected chi connectivity index (χ0v) is 8.60. The van der Waals surface area contributed by atoms with E-state index in [0.29, 0.717) is 0 Å². The van der Waals surface area contributed by atoms with Gasteiger partial charge in [0.25, 0.3) is 0 Å². The summed E-state index contributed by atoms with van der Waals surface area (Å²) in [6.07, 6.45) is 4.14. The van der Waals surface area contributed by atoms with Crippen molar-refractivity contribution in [1.29, 1.82) is 0 Å². The fraction of sp³-hybridized carbons (Fsp3) is 0.727. The summed E-state index contributed by atoms with van der Waals surface area (Å²) in [4.78, 5) is 11.6. The number of hydrogen-bond donors (Lipinski definition) is 1. The molecule has 1 amide bonds. The average molecular weight is 181 g/mol. The summed E-state index contributed by atoms with van der Waals surface area (Å²) in [5.74, 6) is 0.388. The lowest BCUT2D eigenvalue weighted by Crippen LogP contribution is -2.36. The lowest BCUT2D eigenvalue weighted by molar-refractivity contribution is -0.126. The van der Waals surface area contributed by atoms with E-state index in [1.807, 2.05) is 13.8 Å². The highest BCUT2D eigenvalue weighted by Crippen LogP contribution is 2.27. The molecule has 0 spiro atoms. The van der Waals surface area contributed by atoms with E-state index >= 15 is 0 Å². The first kappa shape index (κ1) is 10.3. The van der Waals surface area contributed by atoms with Gasteiger partial charge in [-0.05, 0) is 39.5 Å². The third kappa shape index (κ3) is 3.21. The van der Waals surface area contributed by atoms with Crippen molar-refractivity contribution in [2.24, 2.45) is 5.92 Å². The van der Waals surface area contributed by atoms with Gasteiger partial charge in [0.15, 0.2) is 0 Å². The molecule has 0 bridgehead atoms. The van der Waals surface area contributed by atoms with Gasteiger partial charge in [-0.1, -0.05) is 12.2 Å². The number of allylic oxidation sites excluding steroid dienone is 1. The van der Waals surface area contributed by atoms with Gasteiger partial charge in [-0.15, -0.1) is 0 Å². The van der Waals surface area contributed by atoms with Gasteiger partial charge in [0.1, 0.15) is 0 Å². The first-order chi connectivity index (χ1) is 6.09. The van der Waals surface area contributed by atoms with E-state index in [-0.39, 0.29) is 17.9 Å². The van der Waals surface area contributed by atoms with E-state index in [4.69, 9.17) is 0 Å². The van der Waals surface area contributed by atoms with E-state index in [2.05, 4.69) is 11.9 Å². The highest BCUT2D eigenvalue weighted by Gasteiger charge is 2.22. The molecular weight excluding hydrogens is 162 g/mol. The molecule has 2 heteroatoms. The van der Waals surface area contributed by atoms with Crippen LogP contribution in [0.1, 0.15) is 39.5 Å². The molecule has 2 nitrogen and oxygen atoms in total. The van der Waals surface area contributed by atoms with Crippen LogP contribution in [0.5, 0.6) is 0 Å². The monoisotopic (exact) mass is 181 g/mol. The standard InChI is InChI=1S/C11H19NO/c1-8(2)12-11(13)10-6-4-5-9(3)7-10/h8,10H,3-7H2,1-2H3,(H,12,13). The van der Waals surface area contributed by atoms with Gasteiger partial charge in [-0.2, -0.15) is 0 Å². The number of carbonyl (C=O) groups excluding carboxylic acids is 1. The minimum atomic E-state index is 0.184. The number of carbonyl (C=O) groups is 1. The Hall–Kier alpha value is -0.790. The Balaban J connectivity index is 2.41. The van der Waals surface area contributed by atoms with Crippen molar-refractivity contribution in [3.8, 4) is 0 Å². The highest BCUT2D eigenvalue weighted by atomic mass is 16.1. The maximum Gasteiger partial charge on any atom is 0.223 e. The molecule has 0 saturated heterocycles. The Labute approximate surface area is 80.4 Å². The van der Waals surface area contributed by atoms with Crippen LogP contribution in [0.3, 0.4) is 0 Å². The average Bonchev–Trinajstić information content (AvgIpc) is 2.03. The molecule has 0 aromatic rings. The Morgan fingerprint density at radius 2 is 2.31 bits per heavy atom. The van der Waals surface area contributed by atoms with Gasteiger partial charge in [-0.25, -0.2) is 0 Å². The van der Waals surface area contributed by atoms with E-state index in [0.717, 1.165) is 25.7 Å². The second kappa shape index (κ2) is 4.45. The molecule has 0 aliphatic heterocycles. The molecule has 1 rings (SSSR count). The van der Waals surface area contributed by atoms with Crippen LogP contribution in [-0.2, 0) is 4.79 Å². The fourth-order valence-electron chi connectivity index (χ4n) is 1.78. The lowest BCUT2D eigenvalue weighted by Gasteiger charge is -2.23. The van der Waals surface area contributed by atoms with Crippen LogP contribution in [0.4, 0.5) is 0 Å². The van der Waals surface area contributed by atoms with Gasteiger partial charge in [-0.3, -0.25) is 4.79 Å². The van der Waals surface area contributed by atoms with E-state index in [9.17, 15) is 4.79 Å². The van der Waals surface area contributed by atoms with Crippen molar-refractivity contribution in [3.05, 3.63) is 12.2 Å². The molecule has 1 fully saturated rings. The zero-order chi connectivity index (χ0) is 9.84. The first-order valence-corrected chi connectivity index (χ1v) is 5.06. The molecule has 0 heterocycles. The summed E-state index contributed by atoms with van der Waals surface area (Å²) < 4.78 is 0. The van der Waals surface area contributed by atoms with Gasteiger partial charge >= 0.3 is 0 Å². The van der Waals surface area contributed by atoms with E-state index in [1.54, 1.807) is 0 Å². The molecule has 1 N–H and O–H groups in total. The van der Waals surface area contributed by atoms with Crippen molar-refractivity contribution in [2.75, 3.05) is 0 Å². The molecule has 0 aromatic heterocycles. The Morgan fingerprint density at radius 3 is 2.85 bits per heavy atom. The van der Waals surface area contributed by atoms with Crippen molar-refractivity contribution >= 4 is 5.91 Å². The summed E-state index contributed by atoms with van der Waals surface area (Å²) >= 11 is 0. The number of rotatable bonds is 2. The smallest absolute Gasteiger partial charge is 0.223 e. The number of hydrogen-bond acceptors (Lipinski definition) is 1. The maximum absolute atomic E-state index is 11.6. The van der Waals surface area contributed by atoms with Crippen LogP contribution in [-0.4, -0.2) is 11.9 Å². The molecule has 0 aromatic carbocycles. The summed E-state index contributed by atoms with van der Waals surface area (Å²) in [5, 5.41) is 2.95. The predicted octanol–water partition coefficient (Wildman–Crippen LogP) is 2.26. The van der Waals surface area contributed by atoms with Crippen molar-refractivity contribution < 1.29 is 4.79 Å². The quantitative estimate of drug-likeness (QED) is 0.650. The van der Waals surface area contributed by atoms with Crippen LogP contribution in [0.15, 0.2) is 12.2 Å². The van der Waals surface area contributed by atoms with Crippen LogP contribution in [0, 0.1) is 5.92 Å². The third-order valence-electron chi connectivity index (χ3n) is 2.42. The Kier molecular flexibility index (Phi) is 3.52. The summed E-state index contributed by atoms with van der Waals surface area (Å²) in [6, 6.07) is 0.252. The molecule has 0 radical (unpaired) electrons. The minimum absolute atomic E-state index is 0.184. The molecule has 1 saturated carbocycles. The molecule has 1 atom stereocenters. The molecular formula is C11H19NO. The number of nitrogens with one attached hydrogen (secondary N) is 1. The van der Waals surface area contributed by atoms with Crippen LogP contribution in [0.2, 0.25) is 0 Å². The molecule has 1 aliphatic carbocycles. The highest BCUT2D eigenvalue weighted by molar-refractivity contribution is 5.79. The Morgan fingerprint density at radius 1 is 1.62 bits per heavy atom. The summed E-state index contributed by atoms with van der Waals surface area (Å²) in [5.41, 5.74) is 1.23. The molecule has 74 valence electrons. The second-order valence-corrected chi connectivity index (χ2v) is 4.21. The van der Waals surface area contributed by atoms with Gasteiger partial charge in [0.05, 0.1) is 0 Å². The van der Waals surface area contributed by atoms with Crippen molar-refractivity contribution in [3.63, 3.8) is 0 Å². The van der Waals surface area contributed by atoms with Gasteiger partial charge < -0.3 is 5.32 Å². The lowest BCUT2D eigenvalue weighted by atomic mass is 9.85. The SMILES string of the molecule is C=C1CCCC(C(=O)NC(C)C)C1. The summed E-state index contributed by atoms with van der Waals surface area (Å²) in [7, 11) is 0. The third-order valence-corrected chi connectivity index (χ3v) is 2.42. The van der Waals surface area contributed by atoms with E-state index < -0.39 is 0 Å². The van der Waals surface area contributed by atoms with Crippen LogP contribution in [0.25, 0.3) is 0 Å². The first-order valence-electron chi connectivity index (χ1n) is 5.06. The zero-order valence-electron chi connectivity index (χ0n) is 8.60. The maximum atomic E-state index is 11.6. The normalized spacial score (nSPS) is 23.3. The largest absolute Gasteiger partial charge is 0.354 e. The van der Waals surface area contributed by atoms with Crippen molar-refractivity contribution in [2.45, 2.75) is 45.6 Å². The van der Waals surface area contributed by atoms with Gasteiger partial charge in [0.2, 0.25) is 5.91 Å². The fourth-order valence-corrected chi connectivity index (χ4v) is 1.78. The second-order valence-electron chi connectivity index (χ2n) is 4.21. The topological polar surface area (TPSA) is 29.1 Å². The van der Waals surface area contributed by atoms with Crippen LogP contribution < -0.4 is 5.32 Å². The van der Waals surface area contributed by atoms with Crippen molar-refractivity contribution in [1.82, 2.24) is 5.32 Å². The molecule has 13 heavy (non-hydrogen) atoms. The summed E-state index contributed by atoms with van der Waals surface area (Å²) in [6.45, 7) is 7.94. The Bertz CT molecular complexity index is 208. The molecule has 1 aliphatic rings. The van der Waals surface area contributed by atoms with Gasteiger partial charge in [0, 0.05) is 12.0 Å². The number of amides is 1. The minimum Gasteiger partial charge on any atom is -0.354 e. The predicted molar refractivity (Wildman–Crippen MR) is 54.4 cm³/mol. The molecule has 1 unspecified atom stereocenters. The van der Waals surface area contributed by atoms with Crippen LogP contribution >= 0.6 is 0 Å².